The minimum absolute atomic E-state index is 0.00666. The van der Waals surface area contributed by atoms with Crippen molar-refractivity contribution in [1.82, 2.24) is 0 Å². The molecule has 0 saturated carbocycles. The highest BCUT2D eigenvalue weighted by Gasteiger charge is 2.34. The minimum atomic E-state index is -0.506. The Hall–Kier alpha value is -2.76. The number of hydrogen-bond donors (Lipinski definition) is 2. The number of benzene rings is 1. The highest BCUT2D eigenvalue weighted by molar-refractivity contribution is 6.21. The Morgan fingerprint density at radius 3 is 2.14 bits per heavy atom. The van der Waals surface area contributed by atoms with Gasteiger partial charge in [0.05, 0.1) is 12.0 Å². The van der Waals surface area contributed by atoms with Crippen LogP contribution >= 0.6 is 0 Å². The molecule has 0 aliphatic heterocycles. The summed E-state index contributed by atoms with van der Waals surface area (Å²) < 4.78 is 0. The van der Waals surface area contributed by atoms with Crippen LogP contribution in [0.4, 0.5) is 0 Å². The quantitative estimate of drug-likeness (QED) is 0.577. The first-order valence-electron chi connectivity index (χ1n) is 9.41. The predicted octanol–water partition coefficient (Wildman–Crippen LogP) is 3.08. The second-order valence-corrected chi connectivity index (χ2v) is 7.47. The van der Waals surface area contributed by atoms with Gasteiger partial charge in [0.1, 0.15) is 5.76 Å². The van der Waals surface area contributed by atoms with E-state index in [2.05, 4.69) is 0 Å². The summed E-state index contributed by atoms with van der Waals surface area (Å²) in [4.78, 5) is 48.4. The molecule has 1 unspecified atom stereocenters. The first-order chi connectivity index (χ1) is 13.0. The number of aliphatic hydroxyl groups excluding tert-OH is 1. The summed E-state index contributed by atoms with van der Waals surface area (Å²) >= 11 is 0. The molecule has 0 saturated heterocycles. The van der Waals surface area contributed by atoms with E-state index in [0.29, 0.717) is 16.7 Å². The van der Waals surface area contributed by atoms with Crippen molar-refractivity contribution < 1.29 is 24.3 Å². The zero-order valence-electron chi connectivity index (χ0n) is 17.1. The van der Waals surface area contributed by atoms with Crippen molar-refractivity contribution in [3.05, 3.63) is 44.7 Å². The maximum Gasteiger partial charge on any atom is 0.221 e. The Bertz CT molecular complexity index is 924. The maximum absolute atomic E-state index is 12.6. The van der Waals surface area contributed by atoms with Crippen molar-refractivity contribution in [3.8, 4) is 0 Å². The first kappa shape index (κ1) is 21.5. The summed E-state index contributed by atoms with van der Waals surface area (Å²) in [6, 6.07) is 0. The Morgan fingerprint density at radius 1 is 1.07 bits per heavy atom. The molecule has 0 bridgehead atoms. The number of nitrogens with two attached hydrogens (primary N) is 1. The van der Waals surface area contributed by atoms with Crippen LogP contribution in [-0.4, -0.2) is 28.4 Å². The average molecular weight is 385 g/mol. The lowest BCUT2D eigenvalue weighted by molar-refractivity contribution is -0.122. The summed E-state index contributed by atoms with van der Waals surface area (Å²) in [5.41, 5.74) is 9.53. The van der Waals surface area contributed by atoms with Gasteiger partial charge in [0.25, 0.3) is 0 Å². The third kappa shape index (κ3) is 3.77. The molecular weight excluding hydrogens is 358 g/mol. The van der Waals surface area contributed by atoms with E-state index in [4.69, 9.17) is 5.73 Å². The summed E-state index contributed by atoms with van der Waals surface area (Å²) in [6.45, 7) is 8.56. The third-order valence-electron chi connectivity index (χ3n) is 5.61. The minimum Gasteiger partial charge on any atom is -0.511 e. The lowest BCUT2D eigenvalue weighted by atomic mass is 9.74. The lowest BCUT2D eigenvalue weighted by Gasteiger charge is -2.29. The summed E-state index contributed by atoms with van der Waals surface area (Å²) in [6.07, 6.45) is 0.358. The van der Waals surface area contributed by atoms with Gasteiger partial charge in [-0.3, -0.25) is 19.2 Å². The van der Waals surface area contributed by atoms with Gasteiger partial charge in [0.15, 0.2) is 17.3 Å². The van der Waals surface area contributed by atoms with Crippen LogP contribution < -0.4 is 5.73 Å². The molecule has 1 aliphatic carbocycles. The standard InChI is InChI=1S/C22H27NO5/c1-6-16(25)22-17(26)7-14(8-18(22)27)21-11(3)15(9-19(23)28)10(2)20(12(21)4)13(5)24/h14,26H,6-9H2,1-5H3,(H2,23,28). The molecule has 0 radical (unpaired) electrons. The fourth-order valence-corrected chi connectivity index (χ4v) is 4.46. The number of hydrogen-bond acceptors (Lipinski definition) is 5. The number of aliphatic hydroxyl groups is 1. The molecule has 2 rings (SSSR count). The number of carbonyl (C=O) groups is 4. The van der Waals surface area contributed by atoms with E-state index >= 15 is 0 Å². The average Bonchev–Trinajstić information content (AvgIpc) is 2.57. The molecule has 150 valence electrons. The van der Waals surface area contributed by atoms with Gasteiger partial charge in [0, 0.05) is 24.8 Å². The number of rotatable bonds is 6. The van der Waals surface area contributed by atoms with E-state index in [1.54, 1.807) is 13.8 Å². The van der Waals surface area contributed by atoms with Gasteiger partial charge in [-0.25, -0.2) is 0 Å². The van der Waals surface area contributed by atoms with Crippen LogP contribution in [0.5, 0.6) is 0 Å². The number of ketones is 3. The number of Topliss-reactive ketones (excluding diaryl/α,β-unsaturated/α-hetero) is 3. The van der Waals surface area contributed by atoms with Crippen molar-refractivity contribution in [2.75, 3.05) is 0 Å². The zero-order valence-corrected chi connectivity index (χ0v) is 17.1. The van der Waals surface area contributed by atoms with E-state index in [1.165, 1.54) is 6.92 Å². The first-order valence-corrected chi connectivity index (χ1v) is 9.41. The van der Waals surface area contributed by atoms with Gasteiger partial charge in [-0.2, -0.15) is 0 Å². The molecule has 0 spiro atoms. The highest BCUT2D eigenvalue weighted by Crippen LogP contribution is 2.40. The Kier molecular flexibility index (Phi) is 6.22. The van der Waals surface area contributed by atoms with E-state index < -0.39 is 5.91 Å². The van der Waals surface area contributed by atoms with Gasteiger partial charge in [-0.1, -0.05) is 6.92 Å². The van der Waals surface area contributed by atoms with Crippen molar-refractivity contribution in [1.29, 1.82) is 0 Å². The van der Waals surface area contributed by atoms with E-state index in [9.17, 15) is 24.3 Å². The van der Waals surface area contributed by atoms with E-state index in [1.807, 2.05) is 13.8 Å². The number of carbonyl (C=O) groups excluding carboxylic acids is 4. The smallest absolute Gasteiger partial charge is 0.221 e. The van der Waals surface area contributed by atoms with Gasteiger partial charge in [-0.05, 0) is 61.4 Å². The molecule has 28 heavy (non-hydrogen) atoms. The normalized spacial score (nSPS) is 17.0. The topological polar surface area (TPSA) is 115 Å². The van der Waals surface area contributed by atoms with E-state index in [-0.39, 0.29) is 60.3 Å². The molecule has 0 aromatic heterocycles. The largest absolute Gasteiger partial charge is 0.511 e. The van der Waals surface area contributed by atoms with Crippen LogP contribution in [0, 0.1) is 20.8 Å². The van der Waals surface area contributed by atoms with Crippen molar-refractivity contribution >= 4 is 23.3 Å². The fourth-order valence-electron chi connectivity index (χ4n) is 4.46. The molecule has 6 nitrogen and oxygen atoms in total. The number of primary amides is 1. The monoisotopic (exact) mass is 385 g/mol. The van der Waals surface area contributed by atoms with Gasteiger partial charge < -0.3 is 10.8 Å². The van der Waals surface area contributed by atoms with Gasteiger partial charge in [0.2, 0.25) is 5.91 Å². The van der Waals surface area contributed by atoms with Crippen LogP contribution in [0.3, 0.4) is 0 Å². The van der Waals surface area contributed by atoms with Crippen LogP contribution in [0.1, 0.15) is 77.2 Å². The predicted molar refractivity (Wildman–Crippen MR) is 105 cm³/mol. The van der Waals surface area contributed by atoms with Crippen LogP contribution in [0.15, 0.2) is 11.3 Å². The molecule has 1 amide bonds. The molecule has 3 N–H and O–H groups in total. The summed E-state index contributed by atoms with van der Waals surface area (Å²) in [7, 11) is 0. The molecule has 1 aromatic rings. The zero-order chi connectivity index (χ0) is 21.3. The number of amides is 1. The maximum atomic E-state index is 12.6. The van der Waals surface area contributed by atoms with Crippen LogP contribution in [-0.2, 0) is 20.8 Å². The molecule has 1 atom stereocenters. The molecule has 1 aliphatic rings. The fraction of sp³-hybridized carbons (Fsp3) is 0.455. The van der Waals surface area contributed by atoms with Gasteiger partial charge >= 0.3 is 0 Å². The lowest BCUT2D eigenvalue weighted by Crippen LogP contribution is -2.25. The van der Waals surface area contributed by atoms with Crippen molar-refractivity contribution in [2.45, 2.75) is 66.2 Å². The Balaban J connectivity index is 2.69. The second-order valence-electron chi connectivity index (χ2n) is 7.47. The second kappa shape index (κ2) is 8.09. The molecule has 6 heteroatoms. The Morgan fingerprint density at radius 2 is 1.68 bits per heavy atom. The summed E-state index contributed by atoms with van der Waals surface area (Å²) in [5.74, 6) is -1.96. The SMILES string of the molecule is CCC(=O)C1=C(O)CC(c2c(C)c(CC(N)=O)c(C)c(C(C)=O)c2C)CC1=O. The highest BCUT2D eigenvalue weighted by atomic mass is 16.3. The molecular formula is C22H27NO5. The molecule has 0 fully saturated rings. The van der Waals surface area contributed by atoms with Crippen molar-refractivity contribution in [3.63, 3.8) is 0 Å². The number of allylic oxidation sites excluding steroid dienone is 2. The Labute approximate surface area is 164 Å². The summed E-state index contributed by atoms with van der Waals surface area (Å²) in [5, 5.41) is 10.4. The van der Waals surface area contributed by atoms with Crippen LogP contribution in [0.25, 0.3) is 0 Å². The van der Waals surface area contributed by atoms with Gasteiger partial charge in [-0.15, -0.1) is 0 Å². The van der Waals surface area contributed by atoms with E-state index in [0.717, 1.165) is 16.7 Å². The molecule has 0 heterocycles. The van der Waals surface area contributed by atoms with Crippen LogP contribution in [0.2, 0.25) is 0 Å². The third-order valence-corrected chi connectivity index (χ3v) is 5.61. The van der Waals surface area contributed by atoms with Crippen molar-refractivity contribution in [2.24, 2.45) is 5.73 Å². The molecule has 1 aromatic carbocycles.